The van der Waals surface area contributed by atoms with E-state index in [0.29, 0.717) is 4.88 Å². The predicted octanol–water partition coefficient (Wildman–Crippen LogP) is 1.92. The molecule has 0 aliphatic carbocycles. The first kappa shape index (κ1) is 20.2. The normalized spacial score (nSPS) is 14.0. The van der Waals surface area contributed by atoms with Gasteiger partial charge in [0, 0.05) is 5.54 Å². The highest BCUT2D eigenvalue weighted by atomic mass is 32.1. The van der Waals surface area contributed by atoms with E-state index in [1.165, 1.54) is 11.3 Å². The summed E-state index contributed by atoms with van der Waals surface area (Å²) < 4.78 is 0. The van der Waals surface area contributed by atoms with E-state index in [9.17, 15) is 14.4 Å². The Labute approximate surface area is 147 Å². The highest BCUT2D eigenvalue weighted by Gasteiger charge is 2.28. The molecule has 0 fully saturated rings. The number of nitrogens with one attached hydrogen (secondary N) is 3. The summed E-state index contributed by atoms with van der Waals surface area (Å²) in [4.78, 5) is 37.3. The van der Waals surface area contributed by atoms with Crippen molar-refractivity contribution >= 4 is 29.1 Å². The maximum atomic E-state index is 12.5. The van der Waals surface area contributed by atoms with Gasteiger partial charge in [-0.3, -0.25) is 14.4 Å². The van der Waals surface area contributed by atoms with Gasteiger partial charge in [-0.1, -0.05) is 19.9 Å². The minimum atomic E-state index is -0.704. The maximum Gasteiger partial charge on any atom is 0.262 e. The molecule has 6 nitrogen and oxygen atoms in total. The van der Waals surface area contributed by atoms with Gasteiger partial charge in [-0.15, -0.1) is 11.3 Å². The fourth-order valence-electron chi connectivity index (χ4n) is 2.00. The lowest BCUT2D eigenvalue weighted by Gasteiger charge is -2.26. The van der Waals surface area contributed by atoms with Crippen molar-refractivity contribution in [2.75, 3.05) is 0 Å². The number of rotatable bonds is 6. The van der Waals surface area contributed by atoms with Crippen LogP contribution in [0.1, 0.15) is 51.2 Å². The fraction of sp³-hybridized carbons (Fsp3) is 0.588. The first-order valence-corrected chi connectivity index (χ1v) is 8.86. The molecule has 0 aliphatic rings. The summed E-state index contributed by atoms with van der Waals surface area (Å²) in [6.07, 6.45) is 0. The second-order valence-electron chi connectivity index (χ2n) is 7.14. The van der Waals surface area contributed by atoms with Gasteiger partial charge in [0.15, 0.2) is 0 Å². The molecule has 1 aromatic heterocycles. The Balaban J connectivity index is 2.70. The summed E-state index contributed by atoms with van der Waals surface area (Å²) in [6.45, 7) is 10.9. The van der Waals surface area contributed by atoms with Gasteiger partial charge in [0.05, 0.1) is 4.88 Å². The average molecular weight is 353 g/mol. The lowest BCUT2D eigenvalue weighted by atomic mass is 10.0. The monoisotopic (exact) mass is 353 g/mol. The van der Waals surface area contributed by atoms with Gasteiger partial charge in [0.25, 0.3) is 5.91 Å². The number of carbonyl (C=O) groups excluding carboxylic acids is 3. The van der Waals surface area contributed by atoms with Crippen LogP contribution >= 0.6 is 11.3 Å². The zero-order valence-corrected chi connectivity index (χ0v) is 15.9. The molecular weight excluding hydrogens is 326 g/mol. The number of thiophene rings is 1. The molecular formula is C17H27N3O3S. The van der Waals surface area contributed by atoms with Gasteiger partial charge in [0.1, 0.15) is 12.1 Å². The van der Waals surface area contributed by atoms with Crippen molar-refractivity contribution in [3.8, 4) is 0 Å². The summed E-state index contributed by atoms with van der Waals surface area (Å²) in [6, 6.07) is 2.10. The third kappa shape index (κ3) is 6.31. The third-order valence-electron chi connectivity index (χ3n) is 3.23. The molecule has 0 saturated heterocycles. The molecule has 7 heteroatoms. The second-order valence-corrected chi connectivity index (χ2v) is 8.09. The Kier molecular flexibility index (Phi) is 6.95. The van der Waals surface area contributed by atoms with Gasteiger partial charge in [-0.25, -0.2) is 0 Å². The maximum absolute atomic E-state index is 12.5. The van der Waals surface area contributed by atoms with Crippen LogP contribution in [0.5, 0.6) is 0 Å². The predicted molar refractivity (Wildman–Crippen MR) is 95.9 cm³/mol. The minimum absolute atomic E-state index is 0.105. The molecule has 134 valence electrons. The minimum Gasteiger partial charge on any atom is -0.350 e. The van der Waals surface area contributed by atoms with E-state index in [-0.39, 0.29) is 29.2 Å². The SMILES string of the molecule is CC(NC(=O)C(NC(=O)c1cccs1)C(C)C)C(=O)NC(C)(C)C. The summed E-state index contributed by atoms with van der Waals surface area (Å²) in [5.74, 6) is -1.02. The van der Waals surface area contributed by atoms with Gasteiger partial charge >= 0.3 is 0 Å². The molecule has 1 rings (SSSR count). The summed E-state index contributed by atoms with van der Waals surface area (Å²) >= 11 is 1.31. The molecule has 0 spiro atoms. The lowest BCUT2D eigenvalue weighted by molar-refractivity contribution is -0.130. The van der Waals surface area contributed by atoms with Crippen molar-refractivity contribution in [3.63, 3.8) is 0 Å². The standard InChI is InChI=1S/C17H27N3O3S/c1-10(2)13(19-15(22)12-8-7-9-24-12)16(23)18-11(3)14(21)20-17(4,5)6/h7-11,13H,1-6H3,(H,18,23)(H,19,22)(H,20,21). The molecule has 3 N–H and O–H groups in total. The molecule has 0 aromatic carbocycles. The van der Waals surface area contributed by atoms with Crippen molar-refractivity contribution < 1.29 is 14.4 Å². The Hall–Kier alpha value is -1.89. The van der Waals surface area contributed by atoms with E-state index in [4.69, 9.17) is 0 Å². The fourth-order valence-corrected chi connectivity index (χ4v) is 2.63. The van der Waals surface area contributed by atoms with E-state index in [0.717, 1.165) is 0 Å². The second kappa shape index (κ2) is 8.28. The van der Waals surface area contributed by atoms with Crippen LogP contribution in [0.25, 0.3) is 0 Å². The largest absolute Gasteiger partial charge is 0.350 e. The summed E-state index contributed by atoms with van der Waals surface area (Å²) in [7, 11) is 0. The zero-order chi connectivity index (χ0) is 18.5. The quantitative estimate of drug-likeness (QED) is 0.730. The van der Waals surface area contributed by atoms with E-state index in [1.807, 2.05) is 34.6 Å². The van der Waals surface area contributed by atoms with Crippen LogP contribution in [0, 0.1) is 5.92 Å². The van der Waals surface area contributed by atoms with Crippen LogP contribution in [-0.4, -0.2) is 35.3 Å². The zero-order valence-electron chi connectivity index (χ0n) is 15.1. The van der Waals surface area contributed by atoms with Crippen molar-refractivity contribution in [2.24, 2.45) is 5.92 Å². The Morgan fingerprint density at radius 3 is 2.12 bits per heavy atom. The first-order valence-electron chi connectivity index (χ1n) is 7.98. The highest BCUT2D eigenvalue weighted by Crippen LogP contribution is 2.10. The molecule has 2 atom stereocenters. The third-order valence-corrected chi connectivity index (χ3v) is 4.10. The molecule has 1 aromatic rings. The molecule has 3 amide bonds. The van der Waals surface area contributed by atoms with Crippen LogP contribution in [0.15, 0.2) is 17.5 Å². The van der Waals surface area contributed by atoms with Gasteiger partial charge in [-0.2, -0.15) is 0 Å². The number of hydrogen-bond donors (Lipinski definition) is 3. The van der Waals surface area contributed by atoms with E-state index in [1.54, 1.807) is 24.4 Å². The first-order chi connectivity index (χ1) is 11.0. The lowest BCUT2D eigenvalue weighted by Crippen LogP contribution is -2.56. The molecule has 0 saturated carbocycles. The molecule has 2 unspecified atom stereocenters. The number of carbonyl (C=O) groups is 3. The van der Waals surface area contributed by atoms with Crippen LogP contribution in [0.4, 0.5) is 0 Å². The van der Waals surface area contributed by atoms with Gasteiger partial charge in [0.2, 0.25) is 11.8 Å². The van der Waals surface area contributed by atoms with Crippen LogP contribution in [0.2, 0.25) is 0 Å². The van der Waals surface area contributed by atoms with Crippen molar-refractivity contribution in [1.82, 2.24) is 16.0 Å². The smallest absolute Gasteiger partial charge is 0.262 e. The van der Waals surface area contributed by atoms with Crippen molar-refractivity contribution in [3.05, 3.63) is 22.4 Å². The van der Waals surface area contributed by atoms with Crippen molar-refractivity contribution in [1.29, 1.82) is 0 Å². The number of amides is 3. The Morgan fingerprint density at radius 2 is 1.67 bits per heavy atom. The van der Waals surface area contributed by atoms with Gasteiger partial charge < -0.3 is 16.0 Å². The summed E-state index contributed by atoms with van der Waals surface area (Å²) in [5.41, 5.74) is -0.374. The van der Waals surface area contributed by atoms with Gasteiger partial charge in [-0.05, 0) is 45.1 Å². The van der Waals surface area contributed by atoms with Crippen LogP contribution in [-0.2, 0) is 9.59 Å². The summed E-state index contributed by atoms with van der Waals surface area (Å²) in [5, 5.41) is 10.0. The molecule has 24 heavy (non-hydrogen) atoms. The molecule has 0 radical (unpaired) electrons. The highest BCUT2D eigenvalue weighted by molar-refractivity contribution is 7.12. The van der Waals surface area contributed by atoms with Crippen LogP contribution in [0.3, 0.4) is 0 Å². The Morgan fingerprint density at radius 1 is 1.04 bits per heavy atom. The van der Waals surface area contributed by atoms with E-state index >= 15 is 0 Å². The van der Waals surface area contributed by atoms with Crippen LogP contribution < -0.4 is 16.0 Å². The topological polar surface area (TPSA) is 87.3 Å². The Bertz CT molecular complexity index is 576. The molecule has 0 aliphatic heterocycles. The molecule has 0 bridgehead atoms. The van der Waals surface area contributed by atoms with E-state index < -0.39 is 12.1 Å². The van der Waals surface area contributed by atoms with Crippen molar-refractivity contribution in [2.45, 2.75) is 59.2 Å². The number of hydrogen-bond acceptors (Lipinski definition) is 4. The van der Waals surface area contributed by atoms with E-state index in [2.05, 4.69) is 16.0 Å². The molecule has 1 heterocycles. The average Bonchev–Trinajstić information content (AvgIpc) is 2.96.